The summed E-state index contributed by atoms with van der Waals surface area (Å²) in [6, 6.07) is 7.54. The smallest absolute Gasteiger partial charge is 0.0859 e. The van der Waals surface area contributed by atoms with E-state index in [1.807, 2.05) is 29.9 Å². The Hall–Kier alpha value is -0.840. The molecule has 0 saturated heterocycles. The van der Waals surface area contributed by atoms with E-state index in [0.29, 0.717) is 11.4 Å². The first kappa shape index (κ1) is 14.6. The van der Waals surface area contributed by atoms with Gasteiger partial charge in [-0.25, -0.2) is 0 Å². The highest BCUT2D eigenvalue weighted by Gasteiger charge is 2.15. The Kier molecular flexibility index (Phi) is 4.66. The van der Waals surface area contributed by atoms with Crippen molar-refractivity contribution in [3.63, 3.8) is 0 Å². The molecule has 2 aromatic rings. The number of halogens is 2. The average Bonchev–Trinajstić information content (AvgIpc) is 2.70. The van der Waals surface area contributed by atoms with Gasteiger partial charge in [0.1, 0.15) is 0 Å². The summed E-state index contributed by atoms with van der Waals surface area (Å²) in [7, 11) is 1.89. The number of aliphatic hydroxyl groups excluding tert-OH is 1. The van der Waals surface area contributed by atoms with Crippen LogP contribution in [-0.2, 0) is 19.9 Å². The maximum absolute atomic E-state index is 10.3. The minimum Gasteiger partial charge on any atom is -0.388 e. The van der Waals surface area contributed by atoms with E-state index in [0.717, 1.165) is 27.8 Å². The van der Waals surface area contributed by atoms with Crippen LogP contribution in [0.1, 0.15) is 30.0 Å². The van der Waals surface area contributed by atoms with Crippen molar-refractivity contribution < 1.29 is 5.11 Å². The van der Waals surface area contributed by atoms with E-state index >= 15 is 0 Å². The van der Waals surface area contributed by atoms with Crippen LogP contribution in [0, 0.1) is 0 Å². The lowest BCUT2D eigenvalue weighted by atomic mass is 10.0. The van der Waals surface area contributed by atoms with Crippen molar-refractivity contribution in [3.8, 4) is 0 Å². The van der Waals surface area contributed by atoms with Crippen molar-refractivity contribution in [3.05, 3.63) is 50.7 Å². The van der Waals surface area contributed by atoms with Crippen LogP contribution in [0.5, 0.6) is 0 Å². The molecule has 0 aliphatic rings. The SMILES string of the molecule is CCc1cc(CC(O)c2ccc(Br)cc2Cl)n(C)n1. The number of aromatic nitrogens is 2. The highest BCUT2D eigenvalue weighted by atomic mass is 79.9. The Bertz CT molecular complexity index is 583. The molecule has 0 radical (unpaired) electrons. The number of nitrogens with zero attached hydrogens (tertiary/aromatic N) is 2. The molecule has 3 nitrogen and oxygen atoms in total. The minimum atomic E-state index is -0.624. The molecule has 0 spiro atoms. The van der Waals surface area contributed by atoms with Gasteiger partial charge in [-0.3, -0.25) is 4.68 Å². The van der Waals surface area contributed by atoms with Gasteiger partial charge in [0.2, 0.25) is 0 Å². The van der Waals surface area contributed by atoms with Gasteiger partial charge in [-0.2, -0.15) is 5.10 Å². The number of hydrogen-bond donors (Lipinski definition) is 1. The molecule has 1 atom stereocenters. The quantitative estimate of drug-likeness (QED) is 0.919. The summed E-state index contributed by atoms with van der Waals surface area (Å²) in [5.41, 5.74) is 2.78. The van der Waals surface area contributed by atoms with Crippen LogP contribution in [0.2, 0.25) is 5.02 Å². The number of aryl methyl sites for hydroxylation is 2. The highest BCUT2D eigenvalue weighted by Crippen LogP contribution is 2.28. The molecule has 1 unspecified atom stereocenters. The van der Waals surface area contributed by atoms with Crippen molar-refractivity contribution in [1.82, 2.24) is 9.78 Å². The third kappa shape index (κ3) is 3.38. The van der Waals surface area contributed by atoms with E-state index < -0.39 is 6.10 Å². The summed E-state index contributed by atoms with van der Waals surface area (Å²) in [5, 5.41) is 15.3. The lowest BCUT2D eigenvalue weighted by Gasteiger charge is -2.13. The fraction of sp³-hybridized carbons (Fsp3) is 0.357. The molecule has 0 aliphatic carbocycles. The lowest BCUT2D eigenvalue weighted by molar-refractivity contribution is 0.176. The molecule has 0 amide bonds. The van der Waals surface area contributed by atoms with Crippen molar-refractivity contribution in [1.29, 1.82) is 0 Å². The summed E-state index contributed by atoms with van der Waals surface area (Å²) in [6.07, 6.45) is 0.772. The molecule has 1 aromatic heterocycles. The number of benzene rings is 1. The second-order valence-electron chi connectivity index (χ2n) is 4.49. The minimum absolute atomic E-state index is 0.505. The number of hydrogen-bond acceptors (Lipinski definition) is 2. The fourth-order valence-electron chi connectivity index (χ4n) is 2.02. The third-order valence-electron chi connectivity index (χ3n) is 3.11. The first-order valence-electron chi connectivity index (χ1n) is 6.16. The van der Waals surface area contributed by atoms with Crippen LogP contribution >= 0.6 is 27.5 Å². The van der Waals surface area contributed by atoms with Gasteiger partial charge in [0, 0.05) is 28.7 Å². The largest absolute Gasteiger partial charge is 0.388 e. The standard InChI is InChI=1S/C14H16BrClN2O/c1-3-10-7-11(18(2)17-10)8-14(19)12-5-4-9(15)6-13(12)16/h4-7,14,19H,3,8H2,1-2H3. The molecule has 2 rings (SSSR count). The van der Waals surface area contributed by atoms with E-state index in [1.165, 1.54) is 0 Å². The predicted molar refractivity (Wildman–Crippen MR) is 80.4 cm³/mol. The first-order valence-corrected chi connectivity index (χ1v) is 7.33. The van der Waals surface area contributed by atoms with Crippen LogP contribution in [0.25, 0.3) is 0 Å². The molecule has 0 bridgehead atoms. The van der Waals surface area contributed by atoms with Gasteiger partial charge in [-0.15, -0.1) is 0 Å². The van der Waals surface area contributed by atoms with Gasteiger partial charge >= 0.3 is 0 Å². The highest BCUT2D eigenvalue weighted by molar-refractivity contribution is 9.10. The molecule has 5 heteroatoms. The summed E-state index contributed by atoms with van der Waals surface area (Å²) in [4.78, 5) is 0. The Morgan fingerprint density at radius 1 is 1.42 bits per heavy atom. The van der Waals surface area contributed by atoms with Crippen molar-refractivity contribution in [2.24, 2.45) is 7.05 Å². The monoisotopic (exact) mass is 342 g/mol. The summed E-state index contributed by atoms with van der Waals surface area (Å²) in [5.74, 6) is 0. The van der Waals surface area contributed by atoms with Gasteiger partial charge in [-0.1, -0.05) is 40.5 Å². The van der Waals surface area contributed by atoms with E-state index in [4.69, 9.17) is 11.6 Å². The maximum Gasteiger partial charge on any atom is 0.0859 e. The summed E-state index contributed by atoms with van der Waals surface area (Å²) >= 11 is 9.51. The zero-order valence-corrected chi connectivity index (χ0v) is 13.2. The Morgan fingerprint density at radius 3 is 2.74 bits per heavy atom. The Morgan fingerprint density at radius 2 is 2.16 bits per heavy atom. The van der Waals surface area contributed by atoms with E-state index in [9.17, 15) is 5.11 Å². The van der Waals surface area contributed by atoms with E-state index in [2.05, 4.69) is 28.0 Å². The Labute approximate surface area is 126 Å². The number of aliphatic hydroxyl groups is 1. The van der Waals surface area contributed by atoms with Gasteiger partial charge < -0.3 is 5.11 Å². The summed E-state index contributed by atoms with van der Waals surface area (Å²) < 4.78 is 2.72. The normalized spacial score (nSPS) is 12.7. The van der Waals surface area contributed by atoms with Crippen LogP contribution in [0.15, 0.2) is 28.7 Å². The Balaban J connectivity index is 2.20. The van der Waals surface area contributed by atoms with Gasteiger partial charge in [0.15, 0.2) is 0 Å². The summed E-state index contributed by atoms with van der Waals surface area (Å²) in [6.45, 7) is 2.06. The van der Waals surface area contributed by atoms with Gasteiger partial charge in [0.25, 0.3) is 0 Å². The van der Waals surface area contributed by atoms with Crippen LogP contribution < -0.4 is 0 Å². The predicted octanol–water partition coefficient (Wildman–Crippen LogP) is 3.67. The van der Waals surface area contributed by atoms with E-state index in [-0.39, 0.29) is 0 Å². The van der Waals surface area contributed by atoms with Crippen molar-refractivity contribution in [2.75, 3.05) is 0 Å². The van der Waals surface area contributed by atoms with E-state index in [1.54, 1.807) is 6.07 Å². The maximum atomic E-state index is 10.3. The van der Waals surface area contributed by atoms with Crippen molar-refractivity contribution >= 4 is 27.5 Å². The molecule has 0 aliphatic heterocycles. The average molecular weight is 344 g/mol. The molecule has 1 heterocycles. The van der Waals surface area contributed by atoms with Crippen molar-refractivity contribution in [2.45, 2.75) is 25.9 Å². The second kappa shape index (κ2) is 6.07. The molecule has 0 saturated carbocycles. The third-order valence-corrected chi connectivity index (χ3v) is 3.93. The molecule has 1 aromatic carbocycles. The molecular formula is C14H16BrClN2O. The molecule has 1 N–H and O–H groups in total. The van der Waals surface area contributed by atoms with Gasteiger partial charge in [-0.05, 0) is 30.2 Å². The molecule has 102 valence electrons. The first-order chi connectivity index (χ1) is 9.01. The van der Waals surface area contributed by atoms with Crippen LogP contribution in [-0.4, -0.2) is 14.9 Å². The molecule has 0 fully saturated rings. The molecule has 19 heavy (non-hydrogen) atoms. The topological polar surface area (TPSA) is 38.0 Å². The lowest BCUT2D eigenvalue weighted by Crippen LogP contribution is -2.07. The zero-order valence-electron chi connectivity index (χ0n) is 10.9. The number of rotatable bonds is 4. The second-order valence-corrected chi connectivity index (χ2v) is 5.81. The van der Waals surface area contributed by atoms with Crippen LogP contribution in [0.3, 0.4) is 0 Å². The molecular weight excluding hydrogens is 328 g/mol. The van der Waals surface area contributed by atoms with Gasteiger partial charge in [0.05, 0.1) is 11.8 Å². The van der Waals surface area contributed by atoms with Crippen LogP contribution in [0.4, 0.5) is 0 Å². The fourth-order valence-corrected chi connectivity index (χ4v) is 2.81. The zero-order chi connectivity index (χ0) is 14.0.